The van der Waals surface area contributed by atoms with Gasteiger partial charge in [-0.1, -0.05) is 48.9 Å². The Morgan fingerprint density at radius 2 is 1.87 bits per heavy atom. The third-order valence-corrected chi connectivity index (χ3v) is 5.86. The molecule has 1 aliphatic rings. The summed E-state index contributed by atoms with van der Waals surface area (Å²) in [5, 5.41) is 8.30. The maximum absolute atomic E-state index is 13.1. The fourth-order valence-electron chi connectivity index (χ4n) is 4.22. The molecule has 1 amide bonds. The maximum atomic E-state index is 13.1. The number of carbonyl (C=O) groups is 1. The summed E-state index contributed by atoms with van der Waals surface area (Å²) in [5.74, 6) is 1.20. The Morgan fingerprint density at radius 3 is 2.63 bits per heavy atom. The van der Waals surface area contributed by atoms with Gasteiger partial charge in [-0.2, -0.15) is 0 Å². The molecule has 0 fully saturated rings. The third-order valence-electron chi connectivity index (χ3n) is 5.86. The Bertz CT molecular complexity index is 994. The number of aromatic nitrogens is 2. The van der Waals surface area contributed by atoms with Crippen molar-refractivity contribution >= 4 is 5.91 Å². The average molecular weight is 404 g/mol. The van der Waals surface area contributed by atoms with E-state index in [2.05, 4.69) is 46.3 Å². The molecule has 5 heteroatoms. The lowest BCUT2D eigenvalue weighted by Gasteiger charge is -2.35. The highest BCUT2D eigenvalue weighted by Crippen LogP contribution is 2.25. The van der Waals surface area contributed by atoms with Gasteiger partial charge >= 0.3 is 0 Å². The number of aryl methyl sites for hydroxylation is 3. The molecule has 1 unspecified atom stereocenters. The van der Waals surface area contributed by atoms with Crippen LogP contribution >= 0.6 is 0 Å². The number of nitrogens with zero attached hydrogens (tertiary/aromatic N) is 3. The van der Waals surface area contributed by atoms with Crippen LogP contribution in [0, 0.1) is 6.92 Å². The molecule has 3 aromatic rings. The van der Waals surface area contributed by atoms with Crippen molar-refractivity contribution in [3.05, 3.63) is 71.1 Å². The van der Waals surface area contributed by atoms with Gasteiger partial charge in [-0.3, -0.25) is 4.79 Å². The summed E-state index contributed by atoms with van der Waals surface area (Å²) in [5.41, 5.74) is 4.89. The second kappa shape index (κ2) is 9.24. The molecule has 1 aromatic heterocycles. The lowest BCUT2D eigenvalue weighted by atomic mass is 9.87. The van der Waals surface area contributed by atoms with Gasteiger partial charge in [0.1, 0.15) is 0 Å². The van der Waals surface area contributed by atoms with Gasteiger partial charge in [0.15, 0.2) is 0 Å². The highest BCUT2D eigenvalue weighted by atomic mass is 16.4. The van der Waals surface area contributed by atoms with Crippen molar-refractivity contribution < 1.29 is 9.21 Å². The van der Waals surface area contributed by atoms with Crippen molar-refractivity contribution in [1.82, 2.24) is 15.1 Å². The Kier molecular flexibility index (Phi) is 6.26. The summed E-state index contributed by atoms with van der Waals surface area (Å²) in [6, 6.07) is 16.9. The molecular formula is C25H29N3O2. The molecule has 2 aromatic carbocycles. The molecule has 0 aliphatic heterocycles. The summed E-state index contributed by atoms with van der Waals surface area (Å²) >= 11 is 0. The van der Waals surface area contributed by atoms with Gasteiger partial charge in [0, 0.05) is 31.0 Å². The van der Waals surface area contributed by atoms with E-state index in [0.29, 0.717) is 24.6 Å². The zero-order valence-corrected chi connectivity index (χ0v) is 17.8. The Hall–Kier alpha value is -2.95. The number of rotatable bonds is 7. The van der Waals surface area contributed by atoms with Gasteiger partial charge in [0.25, 0.3) is 0 Å². The van der Waals surface area contributed by atoms with Crippen LogP contribution in [0.1, 0.15) is 48.8 Å². The van der Waals surface area contributed by atoms with Crippen LogP contribution in [-0.4, -0.2) is 33.6 Å². The van der Waals surface area contributed by atoms with Gasteiger partial charge in [0.2, 0.25) is 17.7 Å². The van der Waals surface area contributed by atoms with Crippen molar-refractivity contribution in [3.63, 3.8) is 0 Å². The first-order valence-electron chi connectivity index (χ1n) is 10.9. The fourth-order valence-corrected chi connectivity index (χ4v) is 4.22. The predicted molar refractivity (Wildman–Crippen MR) is 117 cm³/mol. The highest BCUT2D eigenvalue weighted by molar-refractivity contribution is 5.76. The summed E-state index contributed by atoms with van der Waals surface area (Å²) in [6.07, 6.45) is 4.84. The van der Waals surface area contributed by atoms with Crippen LogP contribution in [0.3, 0.4) is 0 Å². The number of amides is 1. The van der Waals surface area contributed by atoms with Crippen molar-refractivity contribution in [1.29, 1.82) is 0 Å². The number of fused-ring (bicyclic) bond motifs is 1. The van der Waals surface area contributed by atoms with Crippen molar-refractivity contribution in [2.45, 2.75) is 58.4 Å². The molecule has 0 bridgehead atoms. The highest BCUT2D eigenvalue weighted by Gasteiger charge is 2.27. The van der Waals surface area contributed by atoms with Crippen LogP contribution in [0.25, 0.3) is 11.5 Å². The number of benzene rings is 2. The minimum absolute atomic E-state index is 0.177. The topological polar surface area (TPSA) is 59.2 Å². The molecule has 0 spiro atoms. The number of carbonyl (C=O) groups excluding carboxylic acids is 1. The van der Waals surface area contributed by atoms with Gasteiger partial charge in [-0.15, -0.1) is 10.2 Å². The number of hydrogen-bond acceptors (Lipinski definition) is 4. The normalized spacial score (nSPS) is 15.6. The van der Waals surface area contributed by atoms with E-state index >= 15 is 0 Å². The first-order chi connectivity index (χ1) is 14.6. The fraction of sp³-hybridized carbons (Fsp3) is 0.400. The van der Waals surface area contributed by atoms with E-state index in [4.69, 9.17) is 4.42 Å². The van der Waals surface area contributed by atoms with Crippen LogP contribution in [-0.2, 0) is 24.1 Å². The summed E-state index contributed by atoms with van der Waals surface area (Å²) < 4.78 is 5.80. The molecule has 0 saturated heterocycles. The predicted octanol–water partition coefficient (Wildman–Crippen LogP) is 4.77. The SMILES string of the molecule is CCCN(C(=O)CCc1nnc(-c2ccc(C)cc2)o1)C1CCc2ccccc2C1. The lowest BCUT2D eigenvalue weighted by Crippen LogP contribution is -2.44. The van der Waals surface area contributed by atoms with Crippen LogP contribution in [0.5, 0.6) is 0 Å². The van der Waals surface area contributed by atoms with Gasteiger partial charge in [-0.25, -0.2) is 0 Å². The third kappa shape index (κ3) is 4.61. The Balaban J connectivity index is 1.39. The maximum Gasteiger partial charge on any atom is 0.247 e. The van der Waals surface area contributed by atoms with Crippen molar-refractivity contribution in [2.24, 2.45) is 0 Å². The Morgan fingerprint density at radius 1 is 1.10 bits per heavy atom. The minimum atomic E-state index is 0.177. The quantitative estimate of drug-likeness (QED) is 0.570. The summed E-state index contributed by atoms with van der Waals surface area (Å²) in [7, 11) is 0. The van der Waals surface area contributed by atoms with E-state index < -0.39 is 0 Å². The van der Waals surface area contributed by atoms with E-state index in [9.17, 15) is 4.79 Å². The van der Waals surface area contributed by atoms with Crippen LogP contribution < -0.4 is 0 Å². The van der Waals surface area contributed by atoms with Crippen molar-refractivity contribution in [2.75, 3.05) is 6.54 Å². The monoisotopic (exact) mass is 403 g/mol. The molecule has 156 valence electrons. The molecule has 1 heterocycles. The van der Waals surface area contributed by atoms with Gasteiger partial charge in [0.05, 0.1) is 0 Å². The van der Waals surface area contributed by atoms with Gasteiger partial charge in [-0.05, 0) is 55.9 Å². The van der Waals surface area contributed by atoms with Crippen LogP contribution in [0.4, 0.5) is 0 Å². The second-order valence-corrected chi connectivity index (χ2v) is 8.12. The zero-order valence-electron chi connectivity index (χ0n) is 17.8. The molecule has 4 rings (SSSR count). The Labute approximate surface area is 178 Å². The molecule has 30 heavy (non-hydrogen) atoms. The smallest absolute Gasteiger partial charge is 0.247 e. The van der Waals surface area contributed by atoms with Gasteiger partial charge < -0.3 is 9.32 Å². The summed E-state index contributed by atoms with van der Waals surface area (Å²) in [6.45, 7) is 4.97. The van der Waals surface area contributed by atoms with E-state index in [1.807, 2.05) is 31.2 Å². The van der Waals surface area contributed by atoms with E-state index in [0.717, 1.165) is 37.8 Å². The second-order valence-electron chi connectivity index (χ2n) is 8.12. The molecular weight excluding hydrogens is 374 g/mol. The van der Waals surface area contributed by atoms with Crippen LogP contribution in [0.2, 0.25) is 0 Å². The molecule has 0 radical (unpaired) electrons. The average Bonchev–Trinajstić information content (AvgIpc) is 3.25. The molecule has 5 nitrogen and oxygen atoms in total. The first-order valence-corrected chi connectivity index (χ1v) is 10.9. The molecule has 0 saturated carbocycles. The molecule has 0 N–H and O–H groups in total. The lowest BCUT2D eigenvalue weighted by molar-refractivity contribution is -0.133. The standard InChI is InChI=1S/C25H29N3O2/c1-3-16-28(22-13-12-19-6-4-5-7-21(19)17-22)24(29)15-14-23-26-27-25(30-23)20-10-8-18(2)9-11-20/h4-11,22H,3,12-17H2,1-2H3. The van der Waals surface area contributed by atoms with Crippen LogP contribution in [0.15, 0.2) is 52.9 Å². The largest absolute Gasteiger partial charge is 0.421 e. The van der Waals surface area contributed by atoms with E-state index in [1.165, 1.54) is 16.7 Å². The van der Waals surface area contributed by atoms with E-state index in [-0.39, 0.29) is 11.9 Å². The minimum Gasteiger partial charge on any atom is -0.421 e. The zero-order chi connectivity index (χ0) is 20.9. The van der Waals surface area contributed by atoms with Crippen molar-refractivity contribution in [3.8, 4) is 11.5 Å². The summed E-state index contributed by atoms with van der Waals surface area (Å²) in [4.78, 5) is 15.1. The van der Waals surface area contributed by atoms with E-state index in [1.54, 1.807) is 0 Å². The molecule has 1 aliphatic carbocycles. The first kappa shape index (κ1) is 20.3. The number of hydrogen-bond donors (Lipinski definition) is 0. The molecule has 1 atom stereocenters.